The maximum Gasteiger partial charge on any atom is 0.0471 e. The highest BCUT2D eigenvalue weighted by Crippen LogP contribution is 2.31. The van der Waals surface area contributed by atoms with Crippen LogP contribution in [0.25, 0.3) is 0 Å². The van der Waals surface area contributed by atoms with E-state index >= 15 is 0 Å². The van der Waals surface area contributed by atoms with Crippen LogP contribution in [0.4, 0.5) is 5.69 Å². The molecule has 0 atom stereocenters. The third-order valence-electron chi connectivity index (χ3n) is 3.41. The molecule has 0 bridgehead atoms. The summed E-state index contributed by atoms with van der Waals surface area (Å²) >= 11 is 6.34. The van der Waals surface area contributed by atoms with Gasteiger partial charge in [0.1, 0.15) is 0 Å². The monoisotopic (exact) mass is 266 g/mol. The van der Waals surface area contributed by atoms with Crippen molar-refractivity contribution in [2.24, 2.45) is 5.92 Å². The Labute approximate surface area is 115 Å². The van der Waals surface area contributed by atoms with Gasteiger partial charge >= 0.3 is 0 Å². The molecule has 1 aromatic rings. The zero-order valence-electron chi connectivity index (χ0n) is 11.5. The second-order valence-electron chi connectivity index (χ2n) is 5.64. The van der Waals surface area contributed by atoms with Crippen LogP contribution in [0.1, 0.15) is 32.3 Å². The van der Waals surface area contributed by atoms with Crippen LogP contribution in [0.3, 0.4) is 0 Å². The first-order chi connectivity index (χ1) is 8.56. The van der Waals surface area contributed by atoms with E-state index in [4.69, 9.17) is 11.6 Å². The zero-order valence-corrected chi connectivity index (χ0v) is 12.3. The number of anilines is 1. The van der Waals surface area contributed by atoms with E-state index in [1.165, 1.54) is 24.1 Å². The number of hydrogen-bond acceptors (Lipinski definition) is 2. The van der Waals surface area contributed by atoms with Gasteiger partial charge in [0.2, 0.25) is 0 Å². The number of nitrogens with one attached hydrogen (secondary N) is 1. The van der Waals surface area contributed by atoms with E-state index < -0.39 is 0 Å². The molecule has 1 aromatic carbocycles. The maximum absolute atomic E-state index is 6.34. The van der Waals surface area contributed by atoms with Crippen molar-refractivity contribution in [3.63, 3.8) is 0 Å². The Kier molecular flexibility index (Phi) is 4.52. The fraction of sp³-hybridized carbons (Fsp3) is 0.600. The summed E-state index contributed by atoms with van der Waals surface area (Å²) in [6.07, 6.45) is 2.77. The quantitative estimate of drug-likeness (QED) is 0.845. The van der Waals surface area contributed by atoms with Crippen molar-refractivity contribution in [2.75, 3.05) is 18.5 Å². The van der Waals surface area contributed by atoms with Gasteiger partial charge in [-0.25, -0.2) is 0 Å². The Morgan fingerprint density at radius 1 is 1.39 bits per heavy atom. The molecule has 2 nitrogen and oxygen atoms in total. The molecule has 0 unspecified atom stereocenters. The molecular weight excluding hydrogens is 244 g/mol. The molecule has 1 N–H and O–H groups in total. The highest BCUT2D eigenvalue weighted by atomic mass is 35.5. The second-order valence-corrected chi connectivity index (χ2v) is 6.04. The summed E-state index contributed by atoms with van der Waals surface area (Å²) < 4.78 is 0. The van der Waals surface area contributed by atoms with E-state index in [1.807, 2.05) is 0 Å². The van der Waals surface area contributed by atoms with E-state index in [2.05, 4.69) is 49.3 Å². The molecule has 0 heterocycles. The van der Waals surface area contributed by atoms with Crippen molar-refractivity contribution in [1.29, 1.82) is 0 Å². The third-order valence-corrected chi connectivity index (χ3v) is 3.76. The minimum atomic E-state index is 0.485. The van der Waals surface area contributed by atoms with Gasteiger partial charge in [-0.15, -0.1) is 0 Å². The predicted molar refractivity (Wildman–Crippen MR) is 79.4 cm³/mol. The molecule has 1 fully saturated rings. The van der Waals surface area contributed by atoms with Crippen molar-refractivity contribution in [3.8, 4) is 0 Å². The molecular formula is C15H23ClN2. The predicted octanol–water partition coefficient (Wildman–Crippen LogP) is 3.68. The topological polar surface area (TPSA) is 15.3 Å². The van der Waals surface area contributed by atoms with Crippen LogP contribution in [-0.2, 0) is 6.54 Å². The van der Waals surface area contributed by atoms with Crippen LogP contribution in [0.5, 0.6) is 0 Å². The average molecular weight is 267 g/mol. The third kappa shape index (κ3) is 3.89. The zero-order chi connectivity index (χ0) is 13.1. The normalized spacial score (nSPS) is 15.2. The lowest BCUT2D eigenvalue weighted by Crippen LogP contribution is -2.22. The molecule has 1 aliphatic rings. The van der Waals surface area contributed by atoms with Gasteiger partial charge in [0.25, 0.3) is 0 Å². The van der Waals surface area contributed by atoms with Gasteiger partial charge in [0.15, 0.2) is 0 Å². The fourth-order valence-corrected chi connectivity index (χ4v) is 2.27. The highest BCUT2D eigenvalue weighted by molar-refractivity contribution is 6.31. The molecule has 0 amide bonds. The number of nitrogens with zero attached hydrogens (tertiary/aromatic N) is 1. The Balaban J connectivity index is 1.98. The molecule has 0 aliphatic heterocycles. The number of benzene rings is 1. The Hall–Kier alpha value is -0.730. The van der Waals surface area contributed by atoms with Gasteiger partial charge < -0.3 is 10.2 Å². The molecule has 0 radical (unpaired) electrons. The second kappa shape index (κ2) is 5.94. The lowest BCUT2D eigenvalue weighted by atomic mass is 10.2. The maximum atomic E-state index is 6.34. The van der Waals surface area contributed by atoms with E-state index in [0.717, 1.165) is 24.0 Å². The minimum absolute atomic E-state index is 0.485. The Bertz CT molecular complexity index is 399. The van der Waals surface area contributed by atoms with E-state index in [9.17, 15) is 0 Å². The van der Waals surface area contributed by atoms with Crippen LogP contribution in [-0.4, -0.2) is 19.6 Å². The molecule has 3 heteroatoms. The lowest BCUT2D eigenvalue weighted by molar-refractivity contribution is 0.589. The molecule has 1 saturated carbocycles. The smallest absolute Gasteiger partial charge is 0.0471 e. The summed E-state index contributed by atoms with van der Waals surface area (Å²) in [4.78, 5) is 2.31. The molecule has 0 aromatic heterocycles. The highest BCUT2D eigenvalue weighted by Gasteiger charge is 2.23. The molecule has 18 heavy (non-hydrogen) atoms. The summed E-state index contributed by atoms with van der Waals surface area (Å²) in [5.41, 5.74) is 2.40. The van der Waals surface area contributed by atoms with Gasteiger partial charge in [0.05, 0.1) is 0 Å². The van der Waals surface area contributed by atoms with Crippen LogP contribution >= 0.6 is 11.6 Å². The molecule has 100 valence electrons. The summed E-state index contributed by atoms with van der Waals surface area (Å²) in [7, 11) is 2.15. The van der Waals surface area contributed by atoms with Crippen LogP contribution < -0.4 is 10.2 Å². The van der Waals surface area contributed by atoms with Crippen molar-refractivity contribution in [1.82, 2.24) is 5.32 Å². The number of rotatable bonds is 6. The van der Waals surface area contributed by atoms with Crippen molar-refractivity contribution in [3.05, 3.63) is 28.8 Å². The van der Waals surface area contributed by atoms with Crippen LogP contribution in [0.2, 0.25) is 5.02 Å². The fourth-order valence-electron chi connectivity index (χ4n) is 2.02. The van der Waals surface area contributed by atoms with Crippen LogP contribution in [0, 0.1) is 5.92 Å². The summed E-state index contributed by atoms with van der Waals surface area (Å²) in [5, 5.41) is 4.26. The lowest BCUT2D eigenvalue weighted by Gasteiger charge is -2.20. The minimum Gasteiger partial charge on any atom is -0.374 e. The van der Waals surface area contributed by atoms with Crippen molar-refractivity contribution >= 4 is 17.3 Å². The molecule has 0 saturated heterocycles. The van der Waals surface area contributed by atoms with Gasteiger partial charge in [-0.1, -0.05) is 31.5 Å². The van der Waals surface area contributed by atoms with Gasteiger partial charge in [-0.05, 0) is 36.5 Å². The number of hydrogen-bond donors (Lipinski definition) is 1. The SMILES string of the molecule is CC(C)NCc1ccc(N(C)CC2CC2)cc1Cl. The Morgan fingerprint density at radius 3 is 2.67 bits per heavy atom. The summed E-state index contributed by atoms with van der Waals surface area (Å²) in [5.74, 6) is 0.899. The first kappa shape index (κ1) is 13.7. The first-order valence-electron chi connectivity index (χ1n) is 6.79. The van der Waals surface area contributed by atoms with Gasteiger partial charge in [0, 0.05) is 36.9 Å². The van der Waals surface area contributed by atoms with E-state index in [1.54, 1.807) is 0 Å². The average Bonchev–Trinajstić information content (AvgIpc) is 3.11. The standard InChI is InChI=1S/C15H23ClN2/c1-11(2)17-9-13-6-7-14(8-15(13)16)18(3)10-12-4-5-12/h6-8,11-12,17H,4-5,9-10H2,1-3H3. The van der Waals surface area contributed by atoms with Gasteiger partial charge in [-0.2, -0.15) is 0 Å². The van der Waals surface area contributed by atoms with E-state index in [0.29, 0.717) is 6.04 Å². The van der Waals surface area contributed by atoms with Gasteiger partial charge in [-0.3, -0.25) is 0 Å². The first-order valence-corrected chi connectivity index (χ1v) is 7.17. The number of halogens is 1. The van der Waals surface area contributed by atoms with E-state index in [-0.39, 0.29) is 0 Å². The van der Waals surface area contributed by atoms with Crippen molar-refractivity contribution in [2.45, 2.75) is 39.3 Å². The molecule has 0 spiro atoms. The van der Waals surface area contributed by atoms with Crippen LogP contribution in [0.15, 0.2) is 18.2 Å². The molecule has 1 aliphatic carbocycles. The summed E-state index contributed by atoms with van der Waals surface area (Å²) in [6.45, 7) is 6.28. The van der Waals surface area contributed by atoms with Crippen molar-refractivity contribution < 1.29 is 0 Å². The largest absolute Gasteiger partial charge is 0.374 e. The Morgan fingerprint density at radius 2 is 2.11 bits per heavy atom. The summed E-state index contributed by atoms with van der Waals surface area (Å²) in [6, 6.07) is 6.88. The molecule has 2 rings (SSSR count).